The molecule has 1 aromatic carbocycles. The molecule has 9 heteroatoms. The molecule has 0 atom stereocenters. The van der Waals surface area contributed by atoms with Crippen LogP contribution in [0, 0.1) is 6.92 Å². The minimum atomic E-state index is -0.105. The molecule has 0 aliphatic rings. The molecule has 192 valence electrons. The van der Waals surface area contributed by atoms with Crippen LogP contribution in [-0.4, -0.2) is 67.7 Å². The molecule has 2 heterocycles. The molecule has 3 rings (SSSR count). The van der Waals surface area contributed by atoms with Crippen molar-refractivity contribution < 1.29 is 14.3 Å². The topological polar surface area (TPSA) is 89.4 Å². The Morgan fingerprint density at radius 2 is 1.66 bits per heavy atom. The lowest BCUT2D eigenvalue weighted by Gasteiger charge is -2.18. The first kappa shape index (κ1) is 31.8. The summed E-state index contributed by atoms with van der Waals surface area (Å²) in [5.41, 5.74) is 4.26. The number of hydrogen-bond acceptors (Lipinski definition) is 6. The standard InChI is InChI=1S/C12H14ClN5O.C11H16.C2H6O.CH2O/c1-14-10-4-9(13)6-15-11(10)18-7-8(5-16-18)12(19)17(2)3;1-9-5-7-10(8-6-9)11(2,3)4;1-3-2;1-2/h4-7,14H,1-3H3;5-8H,1-4H3;1-2H3;1H2. The van der Waals surface area contributed by atoms with Gasteiger partial charge >= 0.3 is 0 Å². The van der Waals surface area contributed by atoms with Crippen LogP contribution in [0.2, 0.25) is 5.02 Å². The van der Waals surface area contributed by atoms with Crippen LogP contribution in [0.4, 0.5) is 5.69 Å². The molecule has 8 nitrogen and oxygen atoms in total. The van der Waals surface area contributed by atoms with Crippen molar-refractivity contribution in [1.29, 1.82) is 0 Å². The van der Waals surface area contributed by atoms with Crippen LogP contribution in [0.5, 0.6) is 0 Å². The second-order valence-electron chi connectivity index (χ2n) is 8.67. The monoisotopic (exact) mass is 503 g/mol. The largest absolute Gasteiger partial charge is 0.388 e. The smallest absolute Gasteiger partial charge is 0.256 e. The van der Waals surface area contributed by atoms with E-state index in [2.05, 4.69) is 72.1 Å². The van der Waals surface area contributed by atoms with Crippen molar-refractivity contribution in [2.45, 2.75) is 33.1 Å². The average molecular weight is 504 g/mol. The van der Waals surface area contributed by atoms with Crippen molar-refractivity contribution in [3.63, 3.8) is 0 Å². The summed E-state index contributed by atoms with van der Waals surface area (Å²) >= 11 is 5.89. The van der Waals surface area contributed by atoms with Crippen LogP contribution >= 0.6 is 11.6 Å². The summed E-state index contributed by atoms with van der Waals surface area (Å²) in [6.45, 7) is 10.8. The number of carbonyl (C=O) groups excluding carboxylic acids is 2. The molecule has 0 radical (unpaired) electrons. The van der Waals surface area contributed by atoms with E-state index in [9.17, 15) is 4.79 Å². The third kappa shape index (κ3) is 10.7. The fourth-order valence-corrected chi connectivity index (χ4v) is 2.82. The zero-order chi connectivity index (χ0) is 27.2. The van der Waals surface area contributed by atoms with Gasteiger partial charge in [0.25, 0.3) is 5.91 Å². The maximum absolute atomic E-state index is 11.8. The summed E-state index contributed by atoms with van der Waals surface area (Å²) in [6.07, 6.45) is 4.68. The van der Waals surface area contributed by atoms with Crippen molar-refractivity contribution in [3.05, 3.63) is 70.6 Å². The van der Waals surface area contributed by atoms with Crippen molar-refractivity contribution in [1.82, 2.24) is 19.7 Å². The zero-order valence-corrected chi connectivity index (χ0v) is 23.0. The maximum atomic E-state index is 11.8. The fraction of sp³-hybridized carbons (Fsp3) is 0.385. The van der Waals surface area contributed by atoms with Gasteiger partial charge < -0.3 is 19.7 Å². The number of halogens is 1. The van der Waals surface area contributed by atoms with Gasteiger partial charge in [0.1, 0.15) is 6.79 Å². The molecule has 0 saturated heterocycles. The lowest BCUT2D eigenvalue weighted by molar-refractivity contribution is -0.0980. The second kappa shape index (κ2) is 15.6. The number of aromatic nitrogens is 3. The van der Waals surface area contributed by atoms with E-state index < -0.39 is 0 Å². The van der Waals surface area contributed by atoms with Crippen LogP contribution in [0.3, 0.4) is 0 Å². The minimum Gasteiger partial charge on any atom is -0.388 e. The molecule has 0 spiro atoms. The summed E-state index contributed by atoms with van der Waals surface area (Å²) in [6, 6.07) is 10.5. The van der Waals surface area contributed by atoms with Crippen LogP contribution in [-0.2, 0) is 14.9 Å². The lowest BCUT2D eigenvalue weighted by atomic mass is 9.87. The van der Waals surface area contributed by atoms with Gasteiger partial charge in [-0.3, -0.25) is 4.79 Å². The Bertz CT molecular complexity index is 1030. The highest BCUT2D eigenvalue weighted by Crippen LogP contribution is 2.22. The third-order valence-electron chi connectivity index (χ3n) is 4.47. The van der Waals surface area contributed by atoms with Crippen molar-refractivity contribution in [2.24, 2.45) is 0 Å². The van der Waals surface area contributed by atoms with Gasteiger partial charge in [-0.2, -0.15) is 5.10 Å². The lowest BCUT2D eigenvalue weighted by Crippen LogP contribution is -2.21. The minimum absolute atomic E-state index is 0.105. The summed E-state index contributed by atoms with van der Waals surface area (Å²) in [5, 5.41) is 7.68. The molecule has 0 aliphatic heterocycles. The Morgan fingerprint density at radius 1 is 1.11 bits per heavy atom. The number of amides is 1. The van der Waals surface area contributed by atoms with E-state index in [1.165, 1.54) is 28.4 Å². The molecule has 0 bridgehead atoms. The van der Waals surface area contributed by atoms with Crippen molar-refractivity contribution in [3.8, 4) is 5.82 Å². The summed E-state index contributed by atoms with van der Waals surface area (Å²) in [7, 11) is 8.41. The molecular weight excluding hydrogens is 466 g/mol. The van der Waals surface area contributed by atoms with Crippen LogP contribution in [0.15, 0.2) is 48.9 Å². The Kier molecular flexibility index (Phi) is 14.2. The molecule has 0 saturated carbocycles. The molecule has 1 amide bonds. The normalized spacial score (nSPS) is 9.89. The molecule has 0 fully saturated rings. The van der Waals surface area contributed by atoms with E-state index in [4.69, 9.17) is 16.4 Å². The van der Waals surface area contributed by atoms with Gasteiger partial charge in [-0.05, 0) is 24.0 Å². The van der Waals surface area contributed by atoms with Gasteiger partial charge in [0, 0.05) is 47.8 Å². The zero-order valence-electron chi connectivity index (χ0n) is 22.2. The van der Waals surface area contributed by atoms with E-state index in [-0.39, 0.29) is 11.3 Å². The number of benzene rings is 1. The van der Waals surface area contributed by atoms with Gasteiger partial charge in [-0.15, -0.1) is 0 Å². The van der Waals surface area contributed by atoms with E-state index >= 15 is 0 Å². The van der Waals surface area contributed by atoms with Gasteiger partial charge in [0.15, 0.2) is 5.82 Å². The number of ether oxygens (including phenoxy) is 1. The van der Waals surface area contributed by atoms with Crippen LogP contribution in [0.25, 0.3) is 5.82 Å². The highest BCUT2D eigenvalue weighted by atomic mass is 35.5. The predicted octanol–water partition coefficient (Wildman–Crippen LogP) is 5.03. The van der Waals surface area contributed by atoms with Crippen LogP contribution in [0.1, 0.15) is 42.3 Å². The number of methoxy groups -OCH3 is 1. The number of hydrogen-bond donors (Lipinski definition) is 1. The fourth-order valence-electron chi connectivity index (χ4n) is 2.66. The first-order chi connectivity index (χ1) is 16.4. The molecule has 0 unspecified atom stereocenters. The number of pyridine rings is 1. The van der Waals surface area contributed by atoms with E-state index in [0.717, 1.165) is 5.69 Å². The summed E-state index contributed by atoms with van der Waals surface area (Å²) < 4.78 is 5.79. The average Bonchev–Trinajstić information content (AvgIpc) is 3.30. The Labute approximate surface area is 214 Å². The Morgan fingerprint density at radius 3 is 2.11 bits per heavy atom. The SMILES string of the molecule is C=O.CNc1cc(Cl)cnc1-n1cc(C(=O)N(C)C)cn1.COC.Cc1ccc(C(C)(C)C)cc1. The van der Waals surface area contributed by atoms with Gasteiger partial charge in [-0.25, -0.2) is 9.67 Å². The van der Waals surface area contributed by atoms with Gasteiger partial charge in [0.05, 0.1) is 22.5 Å². The van der Waals surface area contributed by atoms with Crippen molar-refractivity contribution >= 4 is 30.0 Å². The van der Waals surface area contributed by atoms with Gasteiger partial charge in [0.2, 0.25) is 0 Å². The molecule has 0 aliphatic carbocycles. The molecule has 35 heavy (non-hydrogen) atoms. The Hall–Kier alpha value is -3.23. The highest BCUT2D eigenvalue weighted by molar-refractivity contribution is 6.30. The third-order valence-corrected chi connectivity index (χ3v) is 4.68. The molecule has 1 N–H and O–H groups in total. The number of nitrogens with zero attached hydrogens (tertiary/aromatic N) is 4. The van der Waals surface area contributed by atoms with E-state index in [1.54, 1.807) is 52.3 Å². The van der Waals surface area contributed by atoms with Crippen molar-refractivity contribution in [2.75, 3.05) is 40.7 Å². The highest BCUT2D eigenvalue weighted by Gasteiger charge is 2.14. The van der Waals surface area contributed by atoms with Crippen LogP contribution < -0.4 is 5.32 Å². The van der Waals surface area contributed by atoms with Gasteiger partial charge in [-0.1, -0.05) is 62.2 Å². The van der Waals surface area contributed by atoms with E-state index in [1.807, 2.05) is 6.79 Å². The quantitative estimate of drug-likeness (QED) is 0.539. The number of nitrogens with one attached hydrogen (secondary N) is 1. The molecular formula is C26H38ClN5O3. The maximum Gasteiger partial charge on any atom is 0.256 e. The molecule has 3 aromatic rings. The number of aryl methyl sites for hydroxylation is 1. The predicted molar refractivity (Wildman–Crippen MR) is 144 cm³/mol. The second-order valence-corrected chi connectivity index (χ2v) is 9.11. The first-order valence-corrected chi connectivity index (χ1v) is 11.2. The Balaban J connectivity index is 0.000000612. The molecule has 2 aromatic heterocycles. The number of anilines is 1. The number of carbonyl (C=O) groups is 2. The number of rotatable bonds is 3. The summed E-state index contributed by atoms with van der Waals surface area (Å²) in [5.74, 6) is 0.482. The van der Waals surface area contributed by atoms with E-state index in [0.29, 0.717) is 16.4 Å². The first-order valence-electron chi connectivity index (χ1n) is 10.8. The summed E-state index contributed by atoms with van der Waals surface area (Å²) in [4.78, 5) is 25.5.